The van der Waals surface area contributed by atoms with Crippen LogP contribution in [-0.2, 0) is 26.0 Å². The number of halogens is 1. The van der Waals surface area contributed by atoms with Gasteiger partial charge in [-0.05, 0) is 37.1 Å². The molecule has 1 aliphatic rings. The standard InChI is InChI=1S/C21H24ClN3O4S/c1-16(19-4-2-3-5-20(19)22)23-24-21(26)11-8-17-6-9-18(10-7-17)30(27,28)25-12-14-29-15-13-25/h2-7,9-10H,8,11-15H2,1H3,(H,24,26)/b23-16+. The Bertz CT molecular complexity index is 1020. The molecule has 0 bridgehead atoms. The van der Waals surface area contributed by atoms with E-state index in [2.05, 4.69) is 10.5 Å². The lowest BCUT2D eigenvalue weighted by atomic mass is 10.1. The van der Waals surface area contributed by atoms with E-state index in [0.29, 0.717) is 43.5 Å². The Hall–Kier alpha value is -2.26. The predicted octanol–water partition coefficient (Wildman–Crippen LogP) is 2.83. The van der Waals surface area contributed by atoms with Crippen LogP contribution in [0.15, 0.2) is 58.5 Å². The Labute approximate surface area is 181 Å². The molecule has 1 heterocycles. The average Bonchev–Trinajstić information content (AvgIpc) is 2.77. The highest BCUT2D eigenvalue weighted by Crippen LogP contribution is 2.18. The first-order chi connectivity index (χ1) is 14.4. The summed E-state index contributed by atoms with van der Waals surface area (Å²) in [5.74, 6) is -0.230. The van der Waals surface area contributed by atoms with Gasteiger partial charge in [0, 0.05) is 30.1 Å². The number of hydrogen-bond acceptors (Lipinski definition) is 5. The van der Waals surface area contributed by atoms with E-state index in [1.807, 2.05) is 18.2 Å². The first-order valence-electron chi connectivity index (χ1n) is 9.63. The number of morpholine rings is 1. The molecule has 30 heavy (non-hydrogen) atoms. The van der Waals surface area contributed by atoms with Crippen molar-refractivity contribution >= 4 is 33.2 Å². The van der Waals surface area contributed by atoms with Crippen molar-refractivity contribution in [1.29, 1.82) is 0 Å². The van der Waals surface area contributed by atoms with Gasteiger partial charge < -0.3 is 4.74 Å². The third kappa shape index (κ3) is 5.66. The van der Waals surface area contributed by atoms with Crippen LogP contribution in [0, 0.1) is 0 Å². The number of aryl methyl sites for hydroxylation is 1. The number of ether oxygens (including phenoxy) is 1. The molecule has 0 radical (unpaired) electrons. The van der Waals surface area contributed by atoms with Crippen molar-refractivity contribution in [3.63, 3.8) is 0 Å². The van der Waals surface area contributed by atoms with Gasteiger partial charge in [0.25, 0.3) is 0 Å². The van der Waals surface area contributed by atoms with Crippen LogP contribution < -0.4 is 5.43 Å². The van der Waals surface area contributed by atoms with Crippen LogP contribution in [0.4, 0.5) is 0 Å². The molecule has 1 aliphatic heterocycles. The first kappa shape index (κ1) is 22.4. The maximum absolute atomic E-state index is 12.6. The van der Waals surface area contributed by atoms with Crippen molar-refractivity contribution in [3.8, 4) is 0 Å². The van der Waals surface area contributed by atoms with Crippen molar-refractivity contribution in [1.82, 2.24) is 9.73 Å². The summed E-state index contributed by atoms with van der Waals surface area (Å²) in [6.45, 7) is 3.31. The van der Waals surface area contributed by atoms with E-state index in [0.717, 1.165) is 11.1 Å². The van der Waals surface area contributed by atoms with Gasteiger partial charge in [-0.3, -0.25) is 4.79 Å². The van der Waals surface area contributed by atoms with Crippen molar-refractivity contribution in [2.24, 2.45) is 5.10 Å². The number of carbonyl (C=O) groups is 1. The highest BCUT2D eigenvalue weighted by Gasteiger charge is 2.26. The van der Waals surface area contributed by atoms with Gasteiger partial charge in [-0.25, -0.2) is 13.8 Å². The van der Waals surface area contributed by atoms with Crippen molar-refractivity contribution in [2.45, 2.75) is 24.7 Å². The molecule has 160 valence electrons. The summed E-state index contributed by atoms with van der Waals surface area (Å²) >= 11 is 6.12. The average molecular weight is 450 g/mol. The lowest BCUT2D eigenvalue weighted by Gasteiger charge is -2.26. The van der Waals surface area contributed by atoms with Gasteiger partial charge in [0.05, 0.1) is 23.8 Å². The van der Waals surface area contributed by atoms with E-state index in [1.54, 1.807) is 37.3 Å². The zero-order valence-corrected chi connectivity index (χ0v) is 18.2. The van der Waals surface area contributed by atoms with Crippen molar-refractivity contribution in [2.75, 3.05) is 26.3 Å². The highest BCUT2D eigenvalue weighted by atomic mass is 35.5. The summed E-state index contributed by atoms with van der Waals surface area (Å²) in [5, 5.41) is 4.67. The molecule has 0 spiro atoms. The van der Waals surface area contributed by atoms with Gasteiger partial charge >= 0.3 is 0 Å². The summed E-state index contributed by atoms with van der Waals surface area (Å²) < 4.78 is 31.9. The molecule has 2 aromatic rings. The van der Waals surface area contributed by atoms with Gasteiger partial charge in [0.15, 0.2) is 0 Å². The Morgan fingerprint density at radius 1 is 1.13 bits per heavy atom. The molecule has 1 amide bonds. The molecule has 7 nitrogen and oxygen atoms in total. The fourth-order valence-electron chi connectivity index (χ4n) is 3.04. The first-order valence-corrected chi connectivity index (χ1v) is 11.4. The highest BCUT2D eigenvalue weighted by molar-refractivity contribution is 7.89. The predicted molar refractivity (Wildman–Crippen MR) is 116 cm³/mol. The minimum atomic E-state index is -3.51. The van der Waals surface area contributed by atoms with Crippen LogP contribution in [-0.4, -0.2) is 50.6 Å². The molecular formula is C21H24ClN3O4S. The quantitative estimate of drug-likeness (QED) is 0.520. The lowest BCUT2D eigenvalue weighted by molar-refractivity contribution is -0.121. The second kappa shape index (κ2) is 10.2. The molecule has 1 fully saturated rings. The fourth-order valence-corrected chi connectivity index (χ4v) is 4.72. The number of nitrogens with one attached hydrogen (secondary N) is 1. The minimum absolute atomic E-state index is 0.230. The van der Waals surface area contributed by atoms with Crippen molar-refractivity contribution in [3.05, 3.63) is 64.7 Å². The minimum Gasteiger partial charge on any atom is -0.379 e. The Balaban J connectivity index is 1.54. The Kier molecular flexibility index (Phi) is 7.60. The Morgan fingerprint density at radius 3 is 2.47 bits per heavy atom. The van der Waals surface area contributed by atoms with Gasteiger partial charge in [0.1, 0.15) is 0 Å². The normalized spacial score (nSPS) is 15.7. The van der Waals surface area contributed by atoms with E-state index >= 15 is 0 Å². The van der Waals surface area contributed by atoms with Gasteiger partial charge in [0.2, 0.25) is 15.9 Å². The molecule has 0 unspecified atom stereocenters. The van der Waals surface area contributed by atoms with Gasteiger partial charge in [-0.2, -0.15) is 9.41 Å². The van der Waals surface area contributed by atoms with Gasteiger partial charge in [-0.15, -0.1) is 0 Å². The fraction of sp³-hybridized carbons (Fsp3) is 0.333. The number of benzene rings is 2. The van der Waals surface area contributed by atoms with E-state index < -0.39 is 10.0 Å². The molecule has 9 heteroatoms. The number of sulfonamides is 1. The van der Waals surface area contributed by atoms with Crippen LogP contribution in [0.1, 0.15) is 24.5 Å². The van der Waals surface area contributed by atoms with E-state index in [4.69, 9.17) is 16.3 Å². The smallest absolute Gasteiger partial charge is 0.243 e. The largest absolute Gasteiger partial charge is 0.379 e. The summed E-state index contributed by atoms with van der Waals surface area (Å²) in [6.07, 6.45) is 0.708. The molecule has 2 aromatic carbocycles. The summed E-state index contributed by atoms with van der Waals surface area (Å²) in [5.41, 5.74) is 4.78. The van der Waals surface area contributed by atoms with Crippen molar-refractivity contribution < 1.29 is 17.9 Å². The number of rotatable bonds is 7. The number of nitrogens with zero attached hydrogens (tertiary/aromatic N) is 2. The zero-order valence-electron chi connectivity index (χ0n) is 16.7. The molecule has 0 saturated carbocycles. The van der Waals surface area contributed by atoms with Crippen LogP contribution >= 0.6 is 11.6 Å². The van der Waals surface area contributed by atoms with Crippen LogP contribution in [0.5, 0.6) is 0 Å². The SMILES string of the molecule is C/C(=N\NC(=O)CCc1ccc(S(=O)(=O)N2CCOCC2)cc1)c1ccccc1Cl. The summed E-state index contributed by atoms with van der Waals surface area (Å²) in [7, 11) is -3.51. The molecule has 0 aliphatic carbocycles. The maximum Gasteiger partial charge on any atom is 0.243 e. The van der Waals surface area contributed by atoms with Crippen LogP contribution in [0.25, 0.3) is 0 Å². The number of amides is 1. The van der Waals surface area contributed by atoms with Gasteiger partial charge in [-0.1, -0.05) is 41.9 Å². The monoisotopic (exact) mass is 449 g/mol. The second-order valence-electron chi connectivity index (χ2n) is 6.87. The lowest BCUT2D eigenvalue weighted by Crippen LogP contribution is -2.40. The van der Waals surface area contributed by atoms with E-state index in [9.17, 15) is 13.2 Å². The summed E-state index contributed by atoms with van der Waals surface area (Å²) in [6, 6.07) is 13.9. The van der Waals surface area contributed by atoms with Crippen LogP contribution in [0.3, 0.4) is 0 Å². The molecule has 0 aromatic heterocycles. The molecule has 1 N–H and O–H groups in total. The molecule has 1 saturated heterocycles. The molecule has 3 rings (SSSR count). The second-order valence-corrected chi connectivity index (χ2v) is 9.22. The zero-order chi connectivity index (χ0) is 21.6. The number of hydrogen-bond donors (Lipinski definition) is 1. The number of carbonyl (C=O) groups excluding carboxylic acids is 1. The summed E-state index contributed by atoms with van der Waals surface area (Å²) in [4.78, 5) is 12.4. The molecular weight excluding hydrogens is 426 g/mol. The third-order valence-electron chi connectivity index (χ3n) is 4.78. The third-order valence-corrected chi connectivity index (χ3v) is 7.03. The maximum atomic E-state index is 12.6. The topological polar surface area (TPSA) is 88.1 Å². The van der Waals surface area contributed by atoms with E-state index in [-0.39, 0.29) is 17.2 Å². The number of hydrazone groups is 1. The Morgan fingerprint density at radius 2 is 1.80 bits per heavy atom. The molecule has 0 atom stereocenters. The van der Waals surface area contributed by atoms with Crippen LogP contribution in [0.2, 0.25) is 5.02 Å². The van der Waals surface area contributed by atoms with E-state index in [1.165, 1.54) is 4.31 Å².